The normalized spacial score (nSPS) is 13.6. The number of ether oxygens (including phenoxy) is 1. The van der Waals surface area contributed by atoms with Crippen LogP contribution < -0.4 is 9.75 Å². The molecule has 7 nitrogen and oxygen atoms in total. The number of carbonyl (C=O) groups is 1. The van der Waals surface area contributed by atoms with E-state index in [-0.39, 0.29) is 28.7 Å². The Bertz CT molecular complexity index is 1050. The summed E-state index contributed by atoms with van der Waals surface area (Å²) in [5.74, 6) is -2.70. The predicted molar refractivity (Wildman–Crippen MR) is 119 cm³/mol. The number of aromatic amines is 1. The number of hydrogen-bond acceptors (Lipinski definition) is 5. The molecule has 34 heavy (non-hydrogen) atoms. The molecule has 2 aromatic rings. The molecule has 0 aliphatic rings. The fourth-order valence-corrected chi connectivity index (χ4v) is 2.97. The molecule has 0 bridgehead atoms. The number of hydrogen-bond donors (Lipinski definition) is 2. The standard InChI is InChI=1S/C21H22ClF5N4O3/c1-4-31(11-33)18(10-32)29-30(3)17-9-28-19(20(17)34-12(2)21(25,26)27)16(24)8-13-14(22)6-5-7-15(13)23/h5-9,11-12,28,32H,4,10H2,1-3H3/b16-8-,29-18-/t12-/m0/s1. The number of H-pyrrole nitrogens is 1. The summed E-state index contributed by atoms with van der Waals surface area (Å²) in [6.07, 6.45) is -4.89. The predicted octanol–water partition coefficient (Wildman–Crippen LogP) is 4.82. The van der Waals surface area contributed by atoms with Gasteiger partial charge in [-0.15, -0.1) is 0 Å². The zero-order chi connectivity index (χ0) is 25.6. The number of benzene rings is 1. The quantitative estimate of drug-likeness (QED) is 0.167. The first kappa shape index (κ1) is 27.1. The second-order valence-electron chi connectivity index (χ2n) is 6.90. The van der Waals surface area contributed by atoms with Crippen LogP contribution in [0, 0.1) is 5.82 Å². The molecule has 0 fully saturated rings. The van der Waals surface area contributed by atoms with Crippen LogP contribution in [0.1, 0.15) is 25.1 Å². The van der Waals surface area contributed by atoms with Gasteiger partial charge in [0, 0.05) is 25.4 Å². The van der Waals surface area contributed by atoms with E-state index >= 15 is 4.39 Å². The van der Waals surface area contributed by atoms with E-state index in [0.29, 0.717) is 12.5 Å². The van der Waals surface area contributed by atoms with Gasteiger partial charge in [-0.1, -0.05) is 17.7 Å². The van der Waals surface area contributed by atoms with Crippen LogP contribution in [0.5, 0.6) is 5.75 Å². The van der Waals surface area contributed by atoms with Crippen molar-refractivity contribution in [2.24, 2.45) is 5.10 Å². The first-order valence-corrected chi connectivity index (χ1v) is 10.2. The zero-order valence-electron chi connectivity index (χ0n) is 18.3. The van der Waals surface area contributed by atoms with Gasteiger partial charge < -0.3 is 14.8 Å². The number of nitrogens with zero attached hydrogens (tertiary/aromatic N) is 3. The third-order valence-electron chi connectivity index (χ3n) is 4.63. The smallest absolute Gasteiger partial charge is 0.425 e. The molecule has 0 aliphatic heterocycles. The molecule has 1 aromatic heterocycles. The molecule has 1 aromatic carbocycles. The van der Waals surface area contributed by atoms with Crippen LogP contribution in [0.3, 0.4) is 0 Å². The molecule has 2 rings (SSSR count). The summed E-state index contributed by atoms with van der Waals surface area (Å²) >= 11 is 5.91. The summed E-state index contributed by atoms with van der Waals surface area (Å²) in [5, 5.41) is 14.4. The molecule has 0 spiro atoms. The number of aliphatic hydroxyl groups is 1. The van der Waals surface area contributed by atoms with E-state index in [1.54, 1.807) is 6.92 Å². The minimum absolute atomic E-state index is 0.115. The SMILES string of the molecule is CCN(C=O)/C(CO)=N\N(C)c1c[nH]c(/C(F)=C/c2c(F)cccc2Cl)c1O[C@@H](C)C(F)(F)F. The van der Waals surface area contributed by atoms with Crippen molar-refractivity contribution in [2.45, 2.75) is 26.1 Å². The lowest BCUT2D eigenvalue weighted by Crippen LogP contribution is -2.34. The van der Waals surface area contributed by atoms with Gasteiger partial charge in [0.15, 0.2) is 23.5 Å². The van der Waals surface area contributed by atoms with Gasteiger partial charge in [0.2, 0.25) is 6.41 Å². The minimum Gasteiger partial charge on any atom is -0.477 e. The largest absolute Gasteiger partial charge is 0.477 e. The van der Waals surface area contributed by atoms with Crippen molar-refractivity contribution in [3.8, 4) is 5.75 Å². The Morgan fingerprint density at radius 3 is 2.59 bits per heavy atom. The van der Waals surface area contributed by atoms with Crippen molar-refractivity contribution < 1.29 is 36.6 Å². The van der Waals surface area contributed by atoms with Crippen molar-refractivity contribution in [2.75, 3.05) is 25.2 Å². The zero-order valence-corrected chi connectivity index (χ0v) is 19.1. The van der Waals surface area contributed by atoms with Gasteiger partial charge in [-0.25, -0.2) is 8.78 Å². The Balaban J connectivity index is 2.61. The minimum atomic E-state index is -4.78. The molecular formula is C21H22ClF5N4O3. The van der Waals surface area contributed by atoms with Crippen LogP contribution in [0.25, 0.3) is 11.9 Å². The third-order valence-corrected chi connectivity index (χ3v) is 4.96. The number of aromatic nitrogens is 1. The molecule has 13 heteroatoms. The maximum Gasteiger partial charge on any atom is 0.425 e. The van der Waals surface area contributed by atoms with Crippen molar-refractivity contribution in [3.05, 3.63) is 46.5 Å². The number of nitrogens with one attached hydrogen (secondary N) is 1. The molecule has 1 atom stereocenters. The Labute approximate surface area is 197 Å². The van der Waals surface area contributed by atoms with Crippen LogP contribution in [0.2, 0.25) is 5.02 Å². The highest BCUT2D eigenvalue weighted by Gasteiger charge is 2.39. The molecule has 0 aliphatic carbocycles. The van der Waals surface area contributed by atoms with Gasteiger partial charge in [0.05, 0.1) is 5.02 Å². The van der Waals surface area contributed by atoms with E-state index < -0.39 is 42.0 Å². The first-order chi connectivity index (χ1) is 15.9. The number of alkyl halides is 3. The average molecular weight is 509 g/mol. The molecule has 186 valence electrons. The molecule has 0 saturated heterocycles. The topological polar surface area (TPSA) is 81.2 Å². The monoisotopic (exact) mass is 508 g/mol. The first-order valence-electron chi connectivity index (χ1n) is 9.84. The van der Waals surface area contributed by atoms with Crippen molar-refractivity contribution in [3.63, 3.8) is 0 Å². The number of likely N-dealkylation sites (N-methyl/N-ethyl adjacent to an activating group) is 1. The van der Waals surface area contributed by atoms with E-state index in [9.17, 15) is 27.5 Å². The highest BCUT2D eigenvalue weighted by Crippen LogP contribution is 2.40. The van der Waals surface area contributed by atoms with E-state index in [1.165, 1.54) is 19.2 Å². The number of hydrazone groups is 1. The van der Waals surface area contributed by atoms with Crippen LogP contribution in [-0.2, 0) is 4.79 Å². The number of carbonyl (C=O) groups excluding carboxylic acids is 1. The van der Waals surface area contributed by atoms with Crippen LogP contribution >= 0.6 is 11.6 Å². The molecule has 1 heterocycles. The Hall–Kier alpha value is -3.12. The molecule has 0 unspecified atom stereocenters. The van der Waals surface area contributed by atoms with E-state index in [1.807, 2.05) is 0 Å². The highest BCUT2D eigenvalue weighted by atomic mass is 35.5. The Morgan fingerprint density at radius 1 is 1.38 bits per heavy atom. The van der Waals surface area contributed by atoms with E-state index in [0.717, 1.165) is 29.1 Å². The van der Waals surface area contributed by atoms with Crippen LogP contribution in [-0.4, -0.2) is 59.7 Å². The van der Waals surface area contributed by atoms with Crippen molar-refractivity contribution in [1.82, 2.24) is 9.88 Å². The maximum atomic E-state index is 15.1. The van der Waals surface area contributed by atoms with Crippen LogP contribution in [0.15, 0.2) is 29.5 Å². The highest BCUT2D eigenvalue weighted by molar-refractivity contribution is 6.32. The summed E-state index contributed by atoms with van der Waals surface area (Å²) in [6.45, 7) is 1.83. The molecule has 2 N–H and O–H groups in total. The Kier molecular flexibility index (Phi) is 9.05. The maximum absolute atomic E-state index is 15.1. The second-order valence-corrected chi connectivity index (χ2v) is 7.30. The summed E-state index contributed by atoms with van der Waals surface area (Å²) in [7, 11) is 1.29. The molecule has 0 saturated carbocycles. The third kappa shape index (κ3) is 6.26. The number of amides is 1. The molecule has 1 amide bonds. The van der Waals surface area contributed by atoms with Crippen molar-refractivity contribution in [1.29, 1.82) is 0 Å². The summed E-state index contributed by atoms with van der Waals surface area (Å²) in [4.78, 5) is 14.7. The average Bonchev–Trinajstić information content (AvgIpc) is 3.19. The van der Waals surface area contributed by atoms with Crippen LogP contribution in [0.4, 0.5) is 27.6 Å². The number of rotatable bonds is 9. The number of anilines is 1. The number of halogens is 6. The fraction of sp³-hybridized carbons (Fsp3) is 0.333. The second kappa shape index (κ2) is 11.3. The van der Waals surface area contributed by atoms with Gasteiger partial charge in [-0.05, 0) is 32.1 Å². The van der Waals surface area contributed by atoms with Gasteiger partial charge in [0.1, 0.15) is 23.8 Å². The summed E-state index contributed by atoms with van der Waals surface area (Å²) in [5.41, 5.74) is -0.992. The summed E-state index contributed by atoms with van der Waals surface area (Å²) in [6, 6.07) is 3.67. The lowest BCUT2D eigenvalue weighted by Gasteiger charge is -2.22. The van der Waals surface area contributed by atoms with E-state index in [4.69, 9.17) is 16.3 Å². The fourth-order valence-electron chi connectivity index (χ4n) is 2.75. The van der Waals surface area contributed by atoms with Gasteiger partial charge in [-0.3, -0.25) is 14.7 Å². The van der Waals surface area contributed by atoms with Gasteiger partial charge >= 0.3 is 6.18 Å². The number of amidine groups is 1. The summed E-state index contributed by atoms with van der Waals surface area (Å²) < 4.78 is 73.8. The van der Waals surface area contributed by atoms with Gasteiger partial charge in [0.25, 0.3) is 0 Å². The number of aliphatic hydroxyl groups excluding tert-OH is 1. The lowest BCUT2D eigenvalue weighted by molar-refractivity contribution is -0.189. The molecular weight excluding hydrogens is 487 g/mol. The van der Waals surface area contributed by atoms with Crippen molar-refractivity contribution >= 4 is 41.4 Å². The molecule has 0 radical (unpaired) electrons. The van der Waals surface area contributed by atoms with E-state index in [2.05, 4.69) is 10.1 Å². The van der Waals surface area contributed by atoms with Gasteiger partial charge in [-0.2, -0.15) is 18.3 Å². The lowest BCUT2D eigenvalue weighted by atomic mass is 10.1. The Morgan fingerprint density at radius 2 is 2.06 bits per heavy atom.